The third-order valence-electron chi connectivity index (χ3n) is 5.39. The fourth-order valence-electron chi connectivity index (χ4n) is 3.58. The van der Waals surface area contributed by atoms with E-state index in [1.165, 1.54) is 64.9 Å². The van der Waals surface area contributed by atoms with Crippen LogP contribution in [0.2, 0.25) is 0 Å². The minimum absolute atomic E-state index is 0.00569. The van der Waals surface area contributed by atoms with Crippen LogP contribution in [-0.4, -0.2) is 32.1 Å². The number of ether oxygens (including phenoxy) is 3. The van der Waals surface area contributed by atoms with Crippen molar-refractivity contribution in [3.8, 4) is 0 Å². The second kappa shape index (κ2) is 18.2. The zero-order valence-electron chi connectivity index (χ0n) is 18.5. The van der Waals surface area contributed by atoms with E-state index in [4.69, 9.17) is 9.47 Å². The van der Waals surface area contributed by atoms with E-state index in [-0.39, 0.29) is 18.4 Å². The molecule has 0 radical (unpaired) electrons. The molecule has 164 valence electrons. The molecule has 0 aromatic rings. The number of methoxy groups -OCH3 is 1. The van der Waals surface area contributed by atoms with Crippen molar-refractivity contribution >= 4 is 5.97 Å². The van der Waals surface area contributed by atoms with Gasteiger partial charge in [0.05, 0.1) is 13.2 Å². The SMILES string of the molecule is CCCCCCCC(/C=C/CCCCCCCC(=O)OC)OC1CCCCO1. The molecular weight excluding hydrogens is 352 g/mol. The Morgan fingerprint density at radius 3 is 2.54 bits per heavy atom. The maximum absolute atomic E-state index is 11.1. The predicted molar refractivity (Wildman–Crippen MR) is 115 cm³/mol. The molecule has 0 aromatic heterocycles. The van der Waals surface area contributed by atoms with Gasteiger partial charge in [0.25, 0.3) is 0 Å². The molecule has 0 saturated carbocycles. The molecule has 28 heavy (non-hydrogen) atoms. The molecule has 1 aliphatic heterocycles. The first-order chi connectivity index (χ1) is 13.8. The topological polar surface area (TPSA) is 44.8 Å². The van der Waals surface area contributed by atoms with Crippen LogP contribution in [0.25, 0.3) is 0 Å². The van der Waals surface area contributed by atoms with E-state index in [2.05, 4.69) is 23.8 Å². The summed E-state index contributed by atoms with van der Waals surface area (Å²) in [6, 6.07) is 0. The minimum Gasteiger partial charge on any atom is -0.469 e. The largest absolute Gasteiger partial charge is 0.469 e. The molecule has 0 amide bonds. The normalized spacial score (nSPS) is 18.4. The van der Waals surface area contributed by atoms with Crippen molar-refractivity contribution in [2.45, 2.75) is 122 Å². The number of carbonyl (C=O) groups is 1. The Labute approximate surface area is 173 Å². The lowest BCUT2D eigenvalue weighted by atomic mass is 10.1. The van der Waals surface area contributed by atoms with Gasteiger partial charge in [-0.3, -0.25) is 4.79 Å². The average molecular weight is 397 g/mol. The fourth-order valence-corrected chi connectivity index (χ4v) is 3.58. The van der Waals surface area contributed by atoms with Crippen LogP contribution < -0.4 is 0 Å². The summed E-state index contributed by atoms with van der Waals surface area (Å²) in [7, 11) is 1.46. The summed E-state index contributed by atoms with van der Waals surface area (Å²) in [6.07, 6.45) is 23.1. The van der Waals surface area contributed by atoms with Crippen LogP contribution in [-0.2, 0) is 19.0 Å². The number of unbranched alkanes of at least 4 members (excludes halogenated alkanes) is 9. The van der Waals surface area contributed by atoms with Gasteiger partial charge >= 0.3 is 5.97 Å². The number of rotatable bonds is 17. The summed E-state index contributed by atoms with van der Waals surface area (Å²) in [5.41, 5.74) is 0. The third kappa shape index (κ3) is 14.2. The van der Waals surface area contributed by atoms with Crippen molar-refractivity contribution < 1.29 is 19.0 Å². The Kier molecular flexibility index (Phi) is 16.3. The van der Waals surface area contributed by atoms with Gasteiger partial charge in [0, 0.05) is 13.0 Å². The first-order valence-corrected chi connectivity index (χ1v) is 11.8. The summed E-state index contributed by atoms with van der Waals surface area (Å²) >= 11 is 0. The van der Waals surface area contributed by atoms with Gasteiger partial charge in [0.1, 0.15) is 0 Å². The molecule has 0 bridgehead atoms. The van der Waals surface area contributed by atoms with Crippen molar-refractivity contribution in [3.05, 3.63) is 12.2 Å². The van der Waals surface area contributed by atoms with Gasteiger partial charge in [0.2, 0.25) is 0 Å². The zero-order valence-corrected chi connectivity index (χ0v) is 18.5. The first-order valence-electron chi connectivity index (χ1n) is 11.8. The predicted octanol–water partition coefficient (Wildman–Crippen LogP) is 6.72. The molecule has 1 fully saturated rings. The Hall–Kier alpha value is -0.870. The maximum Gasteiger partial charge on any atom is 0.305 e. The summed E-state index contributed by atoms with van der Waals surface area (Å²) in [5, 5.41) is 0. The number of allylic oxidation sites excluding steroid dienone is 1. The van der Waals surface area contributed by atoms with Crippen LogP contribution >= 0.6 is 0 Å². The van der Waals surface area contributed by atoms with E-state index < -0.39 is 0 Å². The first kappa shape index (κ1) is 25.2. The summed E-state index contributed by atoms with van der Waals surface area (Å²) in [4.78, 5) is 11.1. The van der Waals surface area contributed by atoms with E-state index in [1.807, 2.05) is 0 Å². The molecule has 4 nitrogen and oxygen atoms in total. The molecule has 0 aliphatic carbocycles. The summed E-state index contributed by atoms with van der Waals surface area (Å²) in [5.74, 6) is -0.0920. The van der Waals surface area contributed by atoms with Crippen molar-refractivity contribution in [2.75, 3.05) is 13.7 Å². The molecule has 0 aromatic carbocycles. The number of hydrogen-bond donors (Lipinski definition) is 0. The second-order valence-electron chi connectivity index (χ2n) is 7.98. The Morgan fingerprint density at radius 2 is 1.79 bits per heavy atom. The van der Waals surface area contributed by atoms with Crippen LogP contribution in [0, 0.1) is 0 Å². The van der Waals surface area contributed by atoms with Crippen LogP contribution in [0.15, 0.2) is 12.2 Å². The molecule has 2 unspecified atom stereocenters. The van der Waals surface area contributed by atoms with Crippen molar-refractivity contribution in [2.24, 2.45) is 0 Å². The highest BCUT2D eigenvalue weighted by Crippen LogP contribution is 2.19. The van der Waals surface area contributed by atoms with E-state index in [9.17, 15) is 4.79 Å². The second-order valence-corrected chi connectivity index (χ2v) is 7.98. The van der Waals surface area contributed by atoms with E-state index >= 15 is 0 Å². The third-order valence-corrected chi connectivity index (χ3v) is 5.39. The average Bonchev–Trinajstić information content (AvgIpc) is 2.72. The van der Waals surface area contributed by atoms with Gasteiger partial charge in [-0.2, -0.15) is 0 Å². The van der Waals surface area contributed by atoms with Gasteiger partial charge in [-0.25, -0.2) is 0 Å². The molecule has 1 aliphatic rings. The highest BCUT2D eigenvalue weighted by Gasteiger charge is 2.18. The lowest BCUT2D eigenvalue weighted by Gasteiger charge is -2.26. The standard InChI is InChI=1S/C24H44O4/c1-3-4-5-9-12-17-22(28-24-20-15-16-21-27-24)18-13-10-7-6-8-11-14-19-23(25)26-2/h13,18,22,24H,3-12,14-17,19-21H2,1-2H3/b18-13+. The van der Waals surface area contributed by atoms with Crippen molar-refractivity contribution in [3.63, 3.8) is 0 Å². The zero-order chi connectivity index (χ0) is 20.3. The smallest absolute Gasteiger partial charge is 0.305 e. The highest BCUT2D eigenvalue weighted by atomic mass is 16.7. The summed E-state index contributed by atoms with van der Waals surface area (Å²) < 4.78 is 16.7. The summed E-state index contributed by atoms with van der Waals surface area (Å²) in [6.45, 7) is 3.10. The van der Waals surface area contributed by atoms with Crippen LogP contribution in [0.1, 0.15) is 110 Å². The Balaban J connectivity index is 2.17. The van der Waals surface area contributed by atoms with Gasteiger partial charge in [0.15, 0.2) is 6.29 Å². The molecule has 0 N–H and O–H groups in total. The monoisotopic (exact) mass is 396 g/mol. The number of esters is 1. The van der Waals surface area contributed by atoms with E-state index in [0.717, 1.165) is 45.1 Å². The van der Waals surface area contributed by atoms with Gasteiger partial charge in [-0.15, -0.1) is 0 Å². The minimum atomic E-state index is -0.0920. The molecule has 1 heterocycles. The highest BCUT2D eigenvalue weighted by molar-refractivity contribution is 5.68. The van der Waals surface area contributed by atoms with Gasteiger partial charge < -0.3 is 14.2 Å². The number of carbonyl (C=O) groups excluding carboxylic acids is 1. The lowest BCUT2D eigenvalue weighted by molar-refractivity contribution is -0.179. The molecule has 2 atom stereocenters. The lowest BCUT2D eigenvalue weighted by Crippen LogP contribution is -2.27. The van der Waals surface area contributed by atoms with E-state index in [1.54, 1.807) is 0 Å². The van der Waals surface area contributed by atoms with Gasteiger partial charge in [-0.05, 0) is 44.9 Å². The quantitative estimate of drug-likeness (QED) is 0.155. The van der Waals surface area contributed by atoms with Gasteiger partial charge in [-0.1, -0.05) is 70.4 Å². The number of hydrogen-bond acceptors (Lipinski definition) is 4. The Bertz CT molecular complexity index is 388. The van der Waals surface area contributed by atoms with Crippen molar-refractivity contribution in [1.29, 1.82) is 0 Å². The molecule has 4 heteroatoms. The van der Waals surface area contributed by atoms with Crippen molar-refractivity contribution in [1.82, 2.24) is 0 Å². The van der Waals surface area contributed by atoms with Crippen LogP contribution in [0.5, 0.6) is 0 Å². The van der Waals surface area contributed by atoms with Crippen LogP contribution in [0.4, 0.5) is 0 Å². The molecular formula is C24H44O4. The molecule has 1 rings (SSSR count). The van der Waals surface area contributed by atoms with E-state index in [0.29, 0.717) is 6.42 Å². The molecule has 1 saturated heterocycles. The molecule has 0 spiro atoms. The Morgan fingerprint density at radius 1 is 1.04 bits per heavy atom. The fraction of sp³-hybridized carbons (Fsp3) is 0.875. The van der Waals surface area contributed by atoms with Crippen LogP contribution in [0.3, 0.4) is 0 Å². The maximum atomic E-state index is 11.1.